The van der Waals surface area contributed by atoms with Crippen molar-refractivity contribution in [3.8, 4) is 0 Å². The second-order valence-electron chi connectivity index (χ2n) is 0.357. The molecule has 0 aliphatic carbocycles. The fourth-order valence-corrected chi connectivity index (χ4v) is 0. The molecule has 5 heavy (non-hydrogen) atoms. The van der Waals surface area contributed by atoms with E-state index in [2.05, 4.69) is 37.2 Å². The topological polar surface area (TPSA) is 0 Å². The molecule has 0 fully saturated rings. The van der Waals surface area contributed by atoms with Gasteiger partial charge >= 0.3 is 58.2 Å². The monoisotopic (exact) mass is 414 g/mol. The summed E-state index contributed by atoms with van der Waals surface area (Å²) >= 11 is 3.34. The summed E-state index contributed by atoms with van der Waals surface area (Å²) < 4.78 is 11.1. The van der Waals surface area contributed by atoms with E-state index in [0.29, 0.717) is 0 Å². The predicted octanol–water partition coefficient (Wildman–Crippen LogP) is 3.12. The number of alkyl halides is 2. The Morgan fingerprint density at radius 2 is 1.80 bits per heavy atom. The Bertz CT molecular complexity index is 20.9. The van der Waals surface area contributed by atoms with Crippen molar-refractivity contribution in [1.29, 1.82) is 0 Å². The maximum atomic E-state index is 11.2. The van der Waals surface area contributed by atoms with Crippen LogP contribution in [0.4, 0.5) is 4.39 Å². The molecule has 0 atom stereocenters. The van der Waals surface area contributed by atoms with E-state index in [1.807, 2.05) is 0 Å². The zero-order valence-electron chi connectivity index (χ0n) is 2.22. The molecule has 0 aromatic rings. The Morgan fingerprint density at radius 1 is 1.60 bits per heavy atom. The van der Waals surface area contributed by atoms with E-state index in [4.69, 9.17) is 0 Å². The Morgan fingerprint density at radius 3 is 1.80 bits per heavy atom. The van der Waals surface area contributed by atoms with Gasteiger partial charge in [-0.3, -0.25) is 0 Å². The molecular formula is CH2FI3. The third-order valence-electron chi connectivity index (χ3n) is 0.0764. The van der Waals surface area contributed by atoms with Crippen LogP contribution in [-0.2, 0) is 0 Å². The minimum atomic E-state index is -1.01. The molecule has 0 amide bonds. The van der Waals surface area contributed by atoms with Gasteiger partial charge in [-0.15, -0.1) is 0 Å². The SMILES string of the molecule is FCI(I)I. The van der Waals surface area contributed by atoms with Gasteiger partial charge in [0.1, 0.15) is 0 Å². The van der Waals surface area contributed by atoms with E-state index < -0.39 is 11.9 Å². The Labute approximate surface area is 57.0 Å². The fourth-order valence-electron chi connectivity index (χ4n) is 0. The average Bonchev–Trinajstić information content (AvgIpc) is 1.38. The molecule has 0 unspecified atom stereocenters. The number of hydrogen-bond acceptors (Lipinski definition) is 0. The molecule has 0 nitrogen and oxygen atoms in total. The van der Waals surface area contributed by atoms with Crippen molar-refractivity contribution in [3.63, 3.8) is 0 Å². The third kappa shape index (κ3) is 6.12. The zero-order chi connectivity index (χ0) is 4.28. The van der Waals surface area contributed by atoms with Crippen LogP contribution in [0.15, 0.2) is 0 Å². The molecule has 0 bridgehead atoms. The Balaban J connectivity index is 2.54. The molecule has 0 aliphatic heterocycles. The van der Waals surface area contributed by atoms with Gasteiger partial charge < -0.3 is 0 Å². The molecule has 4 heteroatoms. The van der Waals surface area contributed by atoms with Gasteiger partial charge in [0.25, 0.3) is 0 Å². The third-order valence-corrected chi connectivity index (χ3v) is 3.44. The van der Waals surface area contributed by atoms with Crippen molar-refractivity contribution in [2.45, 2.75) is 0 Å². The van der Waals surface area contributed by atoms with Crippen LogP contribution in [-0.4, -0.2) is 4.68 Å². The molecular weight excluding hydrogens is 412 g/mol. The Hall–Kier alpha value is 2.12. The number of hydrogen-bond donors (Lipinski definition) is 0. The fraction of sp³-hybridized carbons (Fsp3) is 1.00. The summed E-state index contributed by atoms with van der Waals surface area (Å²) in [4.78, 5) is 0. The van der Waals surface area contributed by atoms with Crippen molar-refractivity contribution >= 4 is 49.1 Å². The molecule has 0 radical (unpaired) electrons. The first-order valence-electron chi connectivity index (χ1n) is 0.820. The van der Waals surface area contributed by atoms with Crippen LogP contribution in [0.3, 0.4) is 0 Å². The molecule has 0 heterocycles. The summed E-state index contributed by atoms with van der Waals surface area (Å²) in [5.41, 5.74) is 0. The van der Waals surface area contributed by atoms with Gasteiger partial charge in [-0.1, -0.05) is 0 Å². The number of halogens is 4. The summed E-state index contributed by atoms with van der Waals surface area (Å²) in [6, 6.07) is 0. The Kier molecular flexibility index (Phi) is 6.10. The van der Waals surface area contributed by atoms with Crippen LogP contribution in [0, 0.1) is 0 Å². The van der Waals surface area contributed by atoms with Crippen molar-refractivity contribution < 1.29 is 4.39 Å². The summed E-state index contributed by atoms with van der Waals surface area (Å²) in [6.07, 6.45) is 0. The minimum absolute atomic E-state index is 0.0644. The van der Waals surface area contributed by atoms with Gasteiger partial charge in [0.05, 0.1) is 0 Å². The molecule has 0 rings (SSSR count). The van der Waals surface area contributed by atoms with E-state index >= 15 is 0 Å². The first kappa shape index (κ1) is 7.12. The number of rotatable bonds is 1. The summed E-state index contributed by atoms with van der Waals surface area (Å²) in [7, 11) is 0. The summed E-state index contributed by atoms with van der Waals surface area (Å²) in [6.45, 7) is 0. The normalized spacial score (nSPS) is 11.4. The maximum absolute atomic E-state index is 11.2. The molecule has 0 N–H and O–H groups in total. The van der Waals surface area contributed by atoms with E-state index in [1.54, 1.807) is 0 Å². The van der Waals surface area contributed by atoms with E-state index in [1.165, 1.54) is 0 Å². The van der Waals surface area contributed by atoms with Gasteiger partial charge in [0, 0.05) is 0 Å². The van der Waals surface area contributed by atoms with Crippen LogP contribution in [0.5, 0.6) is 0 Å². The second-order valence-corrected chi connectivity index (χ2v) is 26.1. The molecule has 34 valence electrons. The zero-order valence-corrected chi connectivity index (χ0v) is 8.69. The summed E-state index contributed by atoms with van der Waals surface area (Å²) in [5, 5.41) is 0. The molecule has 0 aromatic heterocycles. The average molecular weight is 414 g/mol. The molecule has 0 saturated carbocycles. The predicted molar refractivity (Wildman–Crippen MR) is 48.0 cm³/mol. The van der Waals surface area contributed by atoms with Crippen molar-refractivity contribution in [3.05, 3.63) is 0 Å². The van der Waals surface area contributed by atoms with E-state index in [-0.39, 0.29) is 4.68 Å². The van der Waals surface area contributed by atoms with Gasteiger partial charge in [-0.2, -0.15) is 0 Å². The van der Waals surface area contributed by atoms with Crippen LogP contribution in [0.1, 0.15) is 0 Å². The standard InChI is InChI=1S/CH2FI3/c2-1-5(3)4/h1H2. The van der Waals surface area contributed by atoms with Gasteiger partial charge in [-0.05, 0) is 0 Å². The van der Waals surface area contributed by atoms with Crippen molar-refractivity contribution in [2.24, 2.45) is 0 Å². The van der Waals surface area contributed by atoms with Crippen LogP contribution >= 0.6 is 49.1 Å². The van der Waals surface area contributed by atoms with E-state index in [0.717, 1.165) is 0 Å². The molecule has 0 spiro atoms. The van der Waals surface area contributed by atoms with Gasteiger partial charge in [0.15, 0.2) is 0 Å². The van der Waals surface area contributed by atoms with Crippen LogP contribution in [0.2, 0.25) is 0 Å². The van der Waals surface area contributed by atoms with Crippen molar-refractivity contribution in [1.82, 2.24) is 0 Å². The molecule has 0 aromatic carbocycles. The van der Waals surface area contributed by atoms with Gasteiger partial charge in [0.2, 0.25) is 0 Å². The summed E-state index contributed by atoms with van der Waals surface area (Å²) in [5.74, 6) is 0. The first-order valence-corrected chi connectivity index (χ1v) is 14.9. The second kappa shape index (κ2) is 4.28. The quantitative estimate of drug-likeness (QED) is 0.458. The molecule has 0 aliphatic rings. The van der Waals surface area contributed by atoms with Crippen LogP contribution < -0.4 is 0 Å². The first-order chi connectivity index (χ1) is 2.27. The van der Waals surface area contributed by atoms with Crippen LogP contribution in [0.25, 0.3) is 0 Å². The van der Waals surface area contributed by atoms with E-state index in [9.17, 15) is 4.39 Å². The van der Waals surface area contributed by atoms with Crippen molar-refractivity contribution in [2.75, 3.05) is 4.68 Å². The molecule has 0 saturated heterocycles. The van der Waals surface area contributed by atoms with Gasteiger partial charge in [-0.25, -0.2) is 0 Å².